The van der Waals surface area contributed by atoms with E-state index in [4.69, 9.17) is 4.74 Å². The summed E-state index contributed by atoms with van der Waals surface area (Å²) < 4.78 is 56.5. The molecule has 1 unspecified atom stereocenters. The lowest BCUT2D eigenvalue weighted by Gasteiger charge is -2.28. The minimum Gasteiger partial charge on any atom is -0.491 e. The Morgan fingerprint density at radius 1 is 1.11 bits per heavy atom. The van der Waals surface area contributed by atoms with Crippen molar-refractivity contribution in [2.75, 3.05) is 26.2 Å². The first-order valence-corrected chi connectivity index (χ1v) is 8.97. The van der Waals surface area contributed by atoms with Crippen LogP contribution in [-0.2, 0) is 6.18 Å². The molecule has 2 aromatic rings. The summed E-state index contributed by atoms with van der Waals surface area (Å²) in [5.41, 5.74) is 1.33. The molecule has 0 saturated heterocycles. The zero-order valence-electron chi connectivity index (χ0n) is 15.1. The van der Waals surface area contributed by atoms with Gasteiger partial charge in [0.2, 0.25) is 0 Å². The molecule has 3 rings (SSSR count). The van der Waals surface area contributed by atoms with Gasteiger partial charge >= 0.3 is 6.18 Å². The third-order valence-electron chi connectivity index (χ3n) is 4.58. The van der Waals surface area contributed by atoms with Gasteiger partial charge in [-0.3, -0.25) is 4.90 Å². The second-order valence-corrected chi connectivity index (χ2v) is 6.74. The average molecular weight is 395 g/mol. The van der Waals surface area contributed by atoms with E-state index in [-0.39, 0.29) is 18.2 Å². The Bertz CT molecular complexity index is 818. The van der Waals surface area contributed by atoms with Crippen molar-refractivity contribution in [1.29, 1.82) is 0 Å². The van der Waals surface area contributed by atoms with Crippen molar-refractivity contribution in [3.63, 3.8) is 0 Å². The molecule has 1 N–H and O–H groups in total. The Labute approximate surface area is 160 Å². The molecule has 1 heterocycles. The standard InChI is InChI=1S/C21H21F4NO2/c22-18-6-4-15(5-7-18)16-8-10-26(11-9-16)13-19(27)14-28-20-3-1-2-17(12-20)21(23,24)25/h1-8,12,19,27H,9-11,13-14H2. The van der Waals surface area contributed by atoms with Crippen LogP contribution in [0.25, 0.3) is 5.57 Å². The van der Waals surface area contributed by atoms with E-state index in [9.17, 15) is 22.7 Å². The fourth-order valence-electron chi connectivity index (χ4n) is 3.11. The molecule has 28 heavy (non-hydrogen) atoms. The molecule has 2 aromatic carbocycles. The van der Waals surface area contributed by atoms with Crippen LogP contribution in [0, 0.1) is 5.82 Å². The number of nitrogens with zero attached hydrogens (tertiary/aromatic N) is 1. The summed E-state index contributed by atoms with van der Waals surface area (Å²) in [7, 11) is 0. The number of aliphatic hydroxyl groups is 1. The van der Waals surface area contributed by atoms with Crippen LogP contribution in [0.1, 0.15) is 17.5 Å². The highest BCUT2D eigenvalue weighted by atomic mass is 19.4. The lowest BCUT2D eigenvalue weighted by molar-refractivity contribution is -0.137. The zero-order chi connectivity index (χ0) is 20.1. The Kier molecular flexibility index (Phi) is 6.36. The number of benzene rings is 2. The molecule has 0 saturated carbocycles. The lowest BCUT2D eigenvalue weighted by atomic mass is 9.99. The van der Waals surface area contributed by atoms with Crippen LogP contribution in [0.4, 0.5) is 17.6 Å². The summed E-state index contributed by atoms with van der Waals surface area (Å²) in [6.45, 7) is 1.62. The van der Waals surface area contributed by atoms with Crippen molar-refractivity contribution in [1.82, 2.24) is 4.90 Å². The zero-order valence-corrected chi connectivity index (χ0v) is 15.1. The summed E-state index contributed by atoms with van der Waals surface area (Å²) in [5, 5.41) is 10.2. The highest BCUT2D eigenvalue weighted by Gasteiger charge is 2.30. The molecular formula is C21H21F4NO2. The Hall–Kier alpha value is -2.38. The number of ether oxygens (including phenoxy) is 1. The van der Waals surface area contributed by atoms with Gasteiger partial charge in [0.15, 0.2) is 0 Å². The number of hydrogen-bond acceptors (Lipinski definition) is 3. The summed E-state index contributed by atoms with van der Waals surface area (Å²) >= 11 is 0. The predicted octanol–water partition coefficient (Wildman–Crippen LogP) is 4.37. The summed E-state index contributed by atoms with van der Waals surface area (Å²) in [6, 6.07) is 10.9. The van der Waals surface area contributed by atoms with Gasteiger partial charge in [-0.25, -0.2) is 4.39 Å². The van der Waals surface area contributed by atoms with Gasteiger partial charge in [-0.05, 0) is 47.9 Å². The molecule has 0 fully saturated rings. The minimum absolute atomic E-state index is 0.0750. The van der Waals surface area contributed by atoms with E-state index in [1.54, 1.807) is 12.1 Å². The van der Waals surface area contributed by atoms with Crippen LogP contribution >= 0.6 is 0 Å². The number of hydrogen-bond donors (Lipinski definition) is 1. The topological polar surface area (TPSA) is 32.7 Å². The second-order valence-electron chi connectivity index (χ2n) is 6.74. The maximum atomic E-state index is 13.0. The van der Waals surface area contributed by atoms with Crippen LogP contribution < -0.4 is 4.74 Å². The first-order chi connectivity index (χ1) is 13.3. The van der Waals surface area contributed by atoms with Gasteiger partial charge in [-0.1, -0.05) is 24.3 Å². The van der Waals surface area contributed by atoms with Crippen molar-refractivity contribution in [3.05, 3.63) is 71.6 Å². The van der Waals surface area contributed by atoms with Gasteiger partial charge in [0.1, 0.15) is 24.3 Å². The summed E-state index contributed by atoms with van der Waals surface area (Å²) in [5.74, 6) is -0.198. The first-order valence-electron chi connectivity index (χ1n) is 8.97. The molecule has 3 nitrogen and oxygen atoms in total. The molecule has 1 atom stereocenters. The van der Waals surface area contributed by atoms with Crippen LogP contribution in [0.15, 0.2) is 54.6 Å². The lowest BCUT2D eigenvalue weighted by Crippen LogP contribution is -2.38. The molecule has 1 aliphatic rings. The largest absolute Gasteiger partial charge is 0.491 e. The fourth-order valence-corrected chi connectivity index (χ4v) is 3.11. The third-order valence-corrected chi connectivity index (χ3v) is 4.58. The average Bonchev–Trinajstić information content (AvgIpc) is 2.67. The van der Waals surface area contributed by atoms with Gasteiger partial charge in [0.25, 0.3) is 0 Å². The van der Waals surface area contributed by atoms with E-state index in [0.717, 1.165) is 36.2 Å². The molecule has 0 amide bonds. The van der Waals surface area contributed by atoms with Crippen LogP contribution in [0.3, 0.4) is 0 Å². The Morgan fingerprint density at radius 2 is 1.86 bits per heavy atom. The van der Waals surface area contributed by atoms with E-state index >= 15 is 0 Å². The van der Waals surface area contributed by atoms with E-state index in [2.05, 4.69) is 0 Å². The molecule has 7 heteroatoms. The van der Waals surface area contributed by atoms with Gasteiger partial charge in [-0.2, -0.15) is 13.2 Å². The SMILES string of the molecule is OC(COc1cccc(C(F)(F)F)c1)CN1CC=C(c2ccc(F)cc2)CC1. The minimum atomic E-state index is -4.43. The molecule has 0 aliphatic carbocycles. The Morgan fingerprint density at radius 3 is 2.50 bits per heavy atom. The van der Waals surface area contributed by atoms with Crippen molar-refractivity contribution in [3.8, 4) is 5.75 Å². The molecule has 1 aliphatic heterocycles. The second kappa shape index (κ2) is 8.75. The number of rotatable bonds is 6. The van der Waals surface area contributed by atoms with E-state index < -0.39 is 17.8 Å². The fraction of sp³-hybridized carbons (Fsp3) is 0.333. The summed E-state index contributed by atoms with van der Waals surface area (Å²) in [4.78, 5) is 2.03. The Balaban J connectivity index is 1.48. The number of alkyl halides is 3. The maximum absolute atomic E-state index is 13.0. The number of aliphatic hydroxyl groups excluding tert-OH is 1. The highest BCUT2D eigenvalue weighted by molar-refractivity contribution is 5.66. The summed E-state index contributed by atoms with van der Waals surface area (Å²) in [6.07, 6.45) is -2.44. The molecule has 0 spiro atoms. The van der Waals surface area contributed by atoms with Gasteiger partial charge < -0.3 is 9.84 Å². The normalized spacial score (nSPS) is 16.5. The van der Waals surface area contributed by atoms with Crippen molar-refractivity contribution >= 4 is 5.57 Å². The smallest absolute Gasteiger partial charge is 0.416 e. The molecular weight excluding hydrogens is 374 g/mol. The van der Waals surface area contributed by atoms with Crippen molar-refractivity contribution < 1.29 is 27.4 Å². The number of halogens is 4. The highest BCUT2D eigenvalue weighted by Crippen LogP contribution is 2.31. The van der Waals surface area contributed by atoms with Gasteiger partial charge in [-0.15, -0.1) is 0 Å². The van der Waals surface area contributed by atoms with Crippen molar-refractivity contribution in [2.24, 2.45) is 0 Å². The monoisotopic (exact) mass is 395 g/mol. The number of β-amino-alcohol motifs (C(OH)–C–C–N with tert-alkyl or cyclic N) is 1. The maximum Gasteiger partial charge on any atom is 0.416 e. The molecule has 0 bridgehead atoms. The third kappa shape index (κ3) is 5.56. The van der Waals surface area contributed by atoms with E-state index in [1.807, 2.05) is 11.0 Å². The van der Waals surface area contributed by atoms with Gasteiger partial charge in [0, 0.05) is 19.6 Å². The quantitative estimate of drug-likeness (QED) is 0.738. The van der Waals surface area contributed by atoms with Crippen LogP contribution in [-0.4, -0.2) is 42.4 Å². The molecule has 0 radical (unpaired) electrons. The van der Waals surface area contributed by atoms with Gasteiger partial charge in [0.05, 0.1) is 5.56 Å². The van der Waals surface area contributed by atoms with Crippen molar-refractivity contribution in [2.45, 2.75) is 18.7 Å². The molecule has 150 valence electrons. The van der Waals surface area contributed by atoms with Crippen LogP contribution in [0.2, 0.25) is 0 Å². The van der Waals surface area contributed by atoms with E-state index in [1.165, 1.54) is 24.3 Å². The van der Waals surface area contributed by atoms with Crippen LogP contribution in [0.5, 0.6) is 5.75 Å². The molecule has 0 aromatic heterocycles. The van der Waals surface area contributed by atoms with E-state index in [0.29, 0.717) is 13.1 Å². The predicted molar refractivity (Wildman–Crippen MR) is 98.4 cm³/mol. The first kappa shape index (κ1) is 20.4.